The third kappa shape index (κ3) is 2.65. The van der Waals surface area contributed by atoms with Crippen molar-refractivity contribution in [3.8, 4) is 28.1 Å². The molecule has 2 aromatic carbocycles. The molecule has 0 amide bonds. The predicted molar refractivity (Wildman–Crippen MR) is 119 cm³/mol. The Labute approximate surface area is 174 Å². The second-order valence-electron chi connectivity index (χ2n) is 7.47. The third-order valence-electron chi connectivity index (χ3n) is 5.75. The van der Waals surface area contributed by atoms with Crippen molar-refractivity contribution in [1.29, 1.82) is 0 Å². The van der Waals surface area contributed by atoms with E-state index < -0.39 is 0 Å². The van der Waals surface area contributed by atoms with Gasteiger partial charge in [-0.15, -0.1) is 5.10 Å². The van der Waals surface area contributed by atoms with Gasteiger partial charge in [0.1, 0.15) is 6.34 Å². The number of benzene rings is 2. The molecule has 146 valence electrons. The van der Waals surface area contributed by atoms with E-state index >= 15 is 0 Å². The van der Waals surface area contributed by atoms with E-state index in [9.17, 15) is 0 Å². The number of pyridine rings is 1. The van der Waals surface area contributed by atoms with E-state index in [0.717, 1.165) is 35.5 Å². The maximum absolute atomic E-state index is 4.37. The Morgan fingerprint density at radius 2 is 1.77 bits per heavy atom. The highest BCUT2D eigenvalue weighted by Crippen LogP contribution is 2.40. The SMILES string of the molecule is C1=NNN(c2cccc(-n3c(-c4cccnc4)cc4c3CCc3ccccc3-4)c2)N1. The molecule has 0 atom stereocenters. The van der Waals surface area contributed by atoms with E-state index in [-0.39, 0.29) is 0 Å². The van der Waals surface area contributed by atoms with Gasteiger partial charge < -0.3 is 4.57 Å². The molecule has 0 saturated heterocycles. The summed E-state index contributed by atoms with van der Waals surface area (Å²) in [4.78, 5) is 4.37. The number of hydrazine groups is 2. The van der Waals surface area contributed by atoms with Crippen molar-refractivity contribution in [3.05, 3.63) is 90.4 Å². The lowest BCUT2D eigenvalue weighted by Gasteiger charge is -2.22. The second-order valence-corrected chi connectivity index (χ2v) is 7.47. The van der Waals surface area contributed by atoms with Gasteiger partial charge in [-0.25, -0.2) is 0 Å². The Balaban J connectivity index is 1.57. The van der Waals surface area contributed by atoms with Crippen LogP contribution >= 0.6 is 0 Å². The number of hydrogen-bond donors (Lipinski definition) is 2. The summed E-state index contributed by atoms with van der Waals surface area (Å²) in [5, 5.41) is 5.81. The van der Waals surface area contributed by atoms with Crippen LogP contribution in [-0.4, -0.2) is 15.9 Å². The number of hydrazone groups is 1. The summed E-state index contributed by atoms with van der Waals surface area (Å²) < 4.78 is 2.38. The Bertz CT molecular complexity index is 1250. The lowest BCUT2D eigenvalue weighted by Crippen LogP contribution is -2.38. The smallest absolute Gasteiger partial charge is 0.131 e. The van der Waals surface area contributed by atoms with Crippen LogP contribution in [0.2, 0.25) is 0 Å². The number of nitrogens with zero attached hydrogens (tertiary/aromatic N) is 4. The summed E-state index contributed by atoms with van der Waals surface area (Å²) in [6.07, 6.45) is 7.42. The van der Waals surface area contributed by atoms with Crippen molar-refractivity contribution in [2.24, 2.45) is 5.10 Å². The first kappa shape index (κ1) is 16.9. The molecule has 0 radical (unpaired) electrons. The molecule has 2 N–H and O–H groups in total. The van der Waals surface area contributed by atoms with E-state index in [1.807, 2.05) is 24.5 Å². The van der Waals surface area contributed by atoms with E-state index in [0.29, 0.717) is 0 Å². The Hall–Kier alpha value is -4.06. The minimum atomic E-state index is 0.987. The van der Waals surface area contributed by atoms with E-state index in [1.165, 1.54) is 22.4 Å². The van der Waals surface area contributed by atoms with Gasteiger partial charge >= 0.3 is 0 Å². The van der Waals surface area contributed by atoms with Gasteiger partial charge in [0.05, 0.1) is 11.4 Å². The highest BCUT2D eigenvalue weighted by Gasteiger charge is 2.24. The van der Waals surface area contributed by atoms with Gasteiger partial charge in [-0.05, 0) is 60.4 Å². The average molecular weight is 392 g/mol. The van der Waals surface area contributed by atoms with Crippen molar-refractivity contribution in [1.82, 2.24) is 20.5 Å². The minimum absolute atomic E-state index is 0.987. The fourth-order valence-electron chi connectivity index (χ4n) is 4.41. The highest BCUT2D eigenvalue weighted by molar-refractivity contribution is 5.80. The molecule has 2 aliphatic rings. The van der Waals surface area contributed by atoms with Crippen LogP contribution in [-0.2, 0) is 12.8 Å². The molecular weight excluding hydrogens is 372 g/mol. The first-order valence-electron chi connectivity index (χ1n) is 10.1. The van der Waals surface area contributed by atoms with Crippen LogP contribution in [0.25, 0.3) is 28.1 Å². The Kier molecular flexibility index (Phi) is 3.81. The molecule has 0 unspecified atom stereocenters. The normalized spacial score (nSPS) is 14.1. The molecule has 3 heterocycles. The number of nitrogens with one attached hydrogen (secondary N) is 2. The summed E-state index contributed by atoms with van der Waals surface area (Å²) in [5.74, 6) is 0. The monoisotopic (exact) mass is 392 g/mol. The number of hydrogen-bond acceptors (Lipinski definition) is 5. The Morgan fingerprint density at radius 3 is 2.63 bits per heavy atom. The summed E-state index contributed by atoms with van der Waals surface area (Å²) >= 11 is 0. The molecule has 6 heteroatoms. The maximum Gasteiger partial charge on any atom is 0.131 e. The fraction of sp³-hybridized carbons (Fsp3) is 0.0833. The topological polar surface area (TPSA) is 57.5 Å². The molecule has 0 bridgehead atoms. The van der Waals surface area contributed by atoms with Crippen molar-refractivity contribution in [2.45, 2.75) is 12.8 Å². The van der Waals surface area contributed by atoms with E-state index in [1.54, 1.807) is 11.5 Å². The molecule has 6 rings (SSSR count). The zero-order valence-corrected chi connectivity index (χ0v) is 16.3. The van der Waals surface area contributed by atoms with Crippen LogP contribution in [0.5, 0.6) is 0 Å². The first-order chi connectivity index (χ1) is 14.9. The lowest BCUT2D eigenvalue weighted by atomic mass is 9.90. The lowest BCUT2D eigenvalue weighted by molar-refractivity contribution is 0.684. The van der Waals surface area contributed by atoms with Gasteiger partial charge in [0, 0.05) is 34.9 Å². The van der Waals surface area contributed by atoms with Crippen LogP contribution in [0.1, 0.15) is 11.3 Å². The molecule has 4 aromatic rings. The highest BCUT2D eigenvalue weighted by atomic mass is 15.9. The van der Waals surface area contributed by atoms with Gasteiger partial charge in [-0.2, -0.15) is 10.7 Å². The molecule has 0 fully saturated rings. The zero-order valence-electron chi connectivity index (χ0n) is 16.3. The van der Waals surface area contributed by atoms with Crippen LogP contribution in [0.4, 0.5) is 5.69 Å². The zero-order chi connectivity index (χ0) is 19.9. The largest absolute Gasteiger partial charge is 0.313 e. The second kappa shape index (κ2) is 6.77. The Morgan fingerprint density at radius 1 is 0.833 bits per heavy atom. The third-order valence-corrected chi connectivity index (χ3v) is 5.75. The molecule has 2 aromatic heterocycles. The van der Waals surface area contributed by atoms with E-state index in [2.05, 4.69) is 80.2 Å². The average Bonchev–Trinajstić information content (AvgIpc) is 3.48. The molecule has 30 heavy (non-hydrogen) atoms. The summed E-state index contributed by atoms with van der Waals surface area (Å²) in [6.45, 7) is 0. The van der Waals surface area contributed by atoms with Crippen molar-refractivity contribution >= 4 is 12.0 Å². The number of aryl methyl sites for hydroxylation is 1. The molecule has 0 spiro atoms. The number of anilines is 1. The van der Waals surface area contributed by atoms with Crippen molar-refractivity contribution in [3.63, 3.8) is 0 Å². The van der Waals surface area contributed by atoms with Crippen LogP contribution < -0.4 is 16.1 Å². The van der Waals surface area contributed by atoms with Crippen LogP contribution in [0.3, 0.4) is 0 Å². The number of rotatable bonds is 3. The van der Waals surface area contributed by atoms with Gasteiger partial charge in [-0.1, -0.05) is 30.3 Å². The molecular formula is C24H20N6. The summed E-state index contributed by atoms with van der Waals surface area (Å²) in [6, 6.07) is 23.6. The number of fused-ring (bicyclic) bond motifs is 3. The van der Waals surface area contributed by atoms with Crippen molar-refractivity contribution < 1.29 is 0 Å². The first-order valence-corrected chi connectivity index (χ1v) is 10.1. The molecule has 1 aliphatic heterocycles. The van der Waals surface area contributed by atoms with Crippen LogP contribution in [0.15, 0.2) is 84.2 Å². The maximum atomic E-state index is 4.37. The quantitative estimate of drug-likeness (QED) is 0.552. The van der Waals surface area contributed by atoms with Gasteiger partial charge in [-0.3, -0.25) is 10.4 Å². The molecule has 6 nitrogen and oxygen atoms in total. The summed E-state index contributed by atoms with van der Waals surface area (Å²) in [5.41, 5.74) is 15.8. The van der Waals surface area contributed by atoms with Gasteiger partial charge in [0.2, 0.25) is 0 Å². The van der Waals surface area contributed by atoms with Gasteiger partial charge in [0.25, 0.3) is 0 Å². The predicted octanol–water partition coefficient (Wildman–Crippen LogP) is 4.08. The number of aromatic nitrogens is 2. The van der Waals surface area contributed by atoms with Gasteiger partial charge in [0.15, 0.2) is 0 Å². The molecule has 1 aliphatic carbocycles. The summed E-state index contributed by atoms with van der Waals surface area (Å²) in [7, 11) is 0. The molecule has 0 saturated carbocycles. The van der Waals surface area contributed by atoms with Crippen LogP contribution in [0, 0.1) is 0 Å². The standard InChI is InChI=1S/C24H20N6/c1-2-9-21-17(5-1)10-11-23-22(21)14-24(18-6-4-12-25-15-18)29(23)19-7-3-8-20(13-19)30-27-16-26-28-30/h1-9,12-16,28H,10-11H2,(H,26,27). The fourth-order valence-corrected chi connectivity index (χ4v) is 4.41. The van der Waals surface area contributed by atoms with Crippen molar-refractivity contribution in [2.75, 3.05) is 5.12 Å². The van der Waals surface area contributed by atoms with E-state index in [4.69, 9.17) is 0 Å². The minimum Gasteiger partial charge on any atom is -0.313 e.